The Kier molecular flexibility index (Phi) is 4.27. The average Bonchev–Trinajstić information content (AvgIpc) is 2.96. The van der Waals surface area contributed by atoms with Crippen molar-refractivity contribution in [2.45, 2.75) is 43.1 Å². The van der Waals surface area contributed by atoms with Crippen molar-refractivity contribution < 1.29 is 13.5 Å². The second-order valence-electron chi connectivity index (χ2n) is 5.39. The second kappa shape index (κ2) is 5.50. The van der Waals surface area contributed by atoms with Crippen molar-refractivity contribution in [3.05, 3.63) is 0 Å². The first kappa shape index (κ1) is 15.5. The third-order valence-corrected chi connectivity index (χ3v) is 6.65. The van der Waals surface area contributed by atoms with Crippen LogP contribution in [0.4, 0.5) is 10.8 Å². The molecule has 0 radical (unpaired) electrons. The van der Waals surface area contributed by atoms with Crippen molar-refractivity contribution in [3.8, 4) is 0 Å². The molecule has 114 valence electrons. The lowest BCUT2D eigenvalue weighted by Gasteiger charge is -2.29. The Morgan fingerprint density at radius 3 is 2.60 bits per heavy atom. The molecule has 0 bridgehead atoms. The van der Waals surface area contributed by atoms with E-state index in [1.54, 1.807) is 18.9 Å². The van der Waals surface area contributed by atoms with Crippen molar-refractivity contribution >= 4 is 32.2 Å². The molecule has 1 saturated carbocycles. The van der Waals surface area contributed by atoms with E-state index in [1.165, 1.54) is 0 Å². The average molecular weight is 319 g/mol. The van der Waals surface area contributed by atoms with Crippen molar-refractivity contribution in [1.29, 1.82) is 0 Å². The first-order valence-corrected chi connectivity index (χ1v) is 9.13. The van der Waals surface area contributed by atoms with Gasteiger partial charge >= 0.3 is 0 Å². The summed E-state index contributed by atoms with van der Waals surface area (Å²) in [5.74, 6) is 0.0397. The van der Waals surface area contributed by atoms with Crippen LogP contribution in [-0.4, -0.2) is 42.8 Å². The molecular weight excluding hydrogens is 298 g/mol. The fourth-order valence-corrected chi connectivity index (χ4v) is 4.96. The number of hydrogen-bond acceptors (Lipinski definition) is 7. The SMILES string of the molecule is CCS(=O)(=O)c1c(N)nsc1N(C)CC1(O)CCCC1. The van der Waals surface area contributed by atoms with Gasteiger partial charge in [-0.1, -0.05) is 19.8 Å². The van der Waals surface area contributed by atoms with E-state index in [-0.39, 0.29) is 16.5 Å². The van der Waals surface area contributed by atoms with E-state index in [0.29, 0.717) is 11.5 Å². The standard InChI is InChI=1S/C12H21N3O3S2/c1-3-20(17,18)9-10(13)14-19-11(9)15(2)8-12(16)6-4-5-7-12/h16H,3-8H2,1-2H3,(H2,13,14). The summed E-state index contributed by atoms with van der Waals surface area (Å²) in [6.07, 6.45) is 3.52. The van der Waals surface area contributed by atoms with Gasteiger partial charge < -0.3 is 15.7 Å². The summed E-state index contributed by atoms with van der Waals surface area (Å²) >= 11 is 1.07. The zero-order valence-corrected chi connectivity index (χ0v) is 13.4. The van der Waals surface area contributed by atoms with Crippen molar-refractivity contribution in [1.82, 2.24) is 4.37 Å². The highest BCUT2D eigenvalue weighted by atomic mass is 32.2. The maximum absolute atomic E-state index is 12.1. The summed E-state index contributed by atoms with van der Waals surface area (Å²) in [7, 11) is -1.64. The van der Waals surface area contributed by atoms with Crippen LogP contribution in [0.1, 0.15) is 32.6 Å². The van der Waals surface area contributed by atoms with Gasteiger partial charge in [-0.15, -0.1) is 0 Å². The minimum atomic E-state index is -3.41. The number of nitrogens with zero attached hydrogens (tertiary/aromatic N) is 2. The molecule has 8 heteroatoms. The quantitative estimate of drug-likeness (QED) is 0.848. The molecule has 20 heavy (non-hydrogen) atoms. The lowest BCUT2D eigenvalue weighted by atomic mass is 10.0. The molecule has 0 aromatic carbocycles. The van der Waals surface area contributed by atoms with Gasteiger partial charge in [0.05, 0.1) is 11.4 Å². The molecule has 1 aromatic rings. The van der Waals surface area contributed by atoms with Crippen molar-refractivity contribution in [3.63, 3.8) is 0 Å². The summed E-state index contributed by atoms with van der Waals surface area (Å²) < 4.78 is 28.2. The second-order valence-corrected chi connectivity index (χ2v) is 8.36. The summed E-state index contributed by atoms with van der Waals surface area (Å²) in [6.45, 7) is 1.99. The van der Waals surface area contributed by atoms with Gasteiger partial charge in [0.25, 0.3) is 0 Å². The fourth-order valence-electron chi connectivity index (χ4n) is 2.67. The summed E-state index contributed by atoms with van der Waals surface area (Å²) in [6, 6.07) is 0. The van der Waals surface area contributed by atoms with Gasteiger partial charge in [0.1, 0.15) is 9.90 Å². The molecule has 1 aliphatic rings. The molecule has 1 fully saturated rings. The van der Waals surface area contributed by atoms with Gasteiger partial charge in [-0.05, 0) is 24.4 Å². The first-order valence-electron chi connectivity index (χ1n) is 6.70. The van der Waals surface area contributed by atoms with Gasteiger partial charge in [0, 0.05) is 13.6 Å². The lowest BCUT2D eigenvalue weighted by Crippen LogP contribution is -2.39. The van der Waals surface area contributed by atoms with E-state index in [9.17, 15) is 13.5 Å². The van der Waals surface area contributed by atoms with Crippen LogP contribution in [-0.2, 0) is 9.84 Å². The Morgan fingerprint density at radius 1 is 1.45 bits per heavy atom. The Bertz CT molecular complexity index is 577. The van der Waals surface area contributed by atoms with Gasteiger partial charge in [-0.25, -0.2) is 8.42 Å². The highest BCUT2D eigenvalue weighted by molar-refractivity contribution is 7.91. The van der Waals surface area contributed by atoms with Crippen LogP contribution in [0.25, 0.3) is 0 Å². The molecular formula is C12H21N3O3S2. The van der Waals surface area contributed by atoms with Crippen LogP contribution in [0, 0.1) is 0 Å². The van der Waals surface area contributed by atoms with Gasteiger partial charge in [-0.3, -0.25) is 0 Å². The lowest BCUT2D eigenvalue weighted by molar-refractivity contribution is 0.0560. The van der Waals surface area contributed by atoms with Crippen LogP contribution in [0.15, 0.2) is 4.90 Å². The minimum Gasteiger partial charge on any atom is -0.388 e. The third-order valence-electron chi connectivity index (χ3n) is 3.76. The molecule has 0 atom stereocenters. The zero-order chi connectivity index (χ0) is 15.0. The van der Waals surface area contributed by atoms with Gasteiger partial charge in [0.2, 0.25) is 0 Å². The number of aliphatic hydroxyl groups is 1. The summed E-state index contributed by atoms with van der Waals surface area (Å²) in [5.41, 5.74) is 4.98. The van der Waals surface area contributed by atoms with Crippen molar-refractivity contribution in [2.75, 3.05) is 30.0 Å². The highest BCUT2D eigenvalue weighted by Crippen LogP contribution is 2.37. The zero-order valence-electron chi connectivity index (χ0n) is 11.8. The minimum absolute atomic E-state index is 0.0132. The normalized spacial score (nSPS) is 18.4. The van der Waals surface area contributed by atoms with Crippen LogP contribution >= 0.6 is 11.5 Å². The number of likely N-dealkylation sites (N-methyl/N-ethyl adjacent to an activating group) is 1. The van der Waals surface area contributed by atoms with E-state index in [2.05, 4.69) is 4.37 Å². The van der Waals surface area contributed by atoms with E-state index < -0.39 is 15.4 Å². The predicted octanol–water partition coefficient (Wildman–Crippen LogP) is 1.26. The van der Waals surface area contributed by atoms with Gasteiger partial charge in [0.15, 0.2) is 15.7 Å². The molecule has 1 aromatic heterocycles. The number of nitrogens with two attached hydrogens (primary N) is 1. The molecule has 0 saturated heterocycles. The van der Waals surface area contributed by atoms with Crippen molar-refractivity contribution in [2.24, 2.45) is 0 Å². The van der Waals surface area contributed by atoms with Crippen LogP contribution < -0.4 is 10.6 Å². The maximum Gasteiger partial charge on any atom is 0.184 e. The third kappa shape index (κ3) is 2.91. The molecule has 0 spiro atoms. The molecule has 6 nitrogen and oxygen atoms in total. The molecule has 0 unspecified atom stereocenters. The number of sulfone groups is 1. The first-order chi connectivity index (χ1) is 9.29. The maximum atomic E-state index is 12.1. The Hall–Kier alpha value is -0.860. The molecule has 1 aliphatic carbocycles. The number of hydrogen-bond donors (Lipinski definition) is 2. The van der Waals surface area contributed by atoms with Crippen LogP contribution in [0.3, 0.4) is 0 Å². The molecule has 0 aliphatic heterocycles. The van der Waals surface area contributed by atoms with E-state index in [4.69, 9.17) is 5.73 Å². The monoisotopic (exact) mass is 319 g/mol. The Morgan fingerprint density at radius 2 is 2.05 bits per heavy atom. The van der Waals surface area contributed by atoms with Crippen LogP contribution in [0.5, 0.6) is 0 Å². The Balaban J connectivity index is 2.29. The highest BCUT2D eigenvalue weighted by Gasteiger charge is 2.34. The summed E-state index contributed by atoms with van der Waals surface area (Å²) in [5, 5.41) is 11.0. The molecule has 1 heterocycles. The molecule has 0 amide bonds. The molecule has 2 rings (SSSR count). The number of anilines is 2. The van der Waals surface area contributed by atoms with E-state index in [1.807, 2.05) is 0 Å². The number of aromatic nitrogens is 1. The topological polar surface area (TPSA) is 96.5 Å². The number of rotatable bonds is 5. The number of nitrogen functional groups attached to an aromatic ring is 1. The fraction of sp³-hybridized carbons (Fsp3) is 0.750. The smallest absolute Gasteiger partial charge is 0.184 e. The van der Waals surface area contributed by atoms with Gasteiger partial charge in [-0.2, -0.15) is 4.37 Å². The predicted molar refractivity (Wildman–Crippen MR) is 80.9 cm³/mol. The summed E-state index contributed by atoms with van der Waals surface area (Å²) in [4.78, 5) is 1.87. The Labute approximate surface area is 123 Å². The molecule has 3 N–H and O–H groups in total. The van der Waals surface area contributed by atoms with Crippen LogP contribution in [0.2, 0.25) is 0 Å². The largest absolute Gasteiger partial charge is 0.388 e. The van der Waals surface area contributed by atoms with E-state index >= 15 is 0 Å². The van der Waals surface area contributed by atoms with E-state index in [0.717, 1.165) is 37.2 Å².